The summed E-state index contributed by atoms with van der Waals surface area (Å²) in [6.07, 6.45) is -1.08. The number of carbonyl (C=O) groups is 5. The van der Waals surface area contributed by atoms with Crippen LogP contribution in [0.5, 0.6) is 5.75 Å². The van der Waals surface area contributed by atoms with E-state index in [-0.39, 0.29) is 12.2 Å². The number of hydrogen-bond donors (Lipinski definition) is 3. The molecule has 2 amide bonds. The van der Waals surface area contributed by atoms with Gasteiger partial charge in [-0.25, -0.2) is 0 Å². The molecule has 14 nitrogen and oxygen atoms in total. The average molecular weight is 875 g/mol. The number of morpholine rings is 2. The van der Waals surface area contributed by atoms with Gasteiger partial charge in [-0.2, -0.15) is 0 Å². The van der Waals surface area contributed by atoms with Gasteiger partial charge in [0.25, 0.3) is 0 Å². The number of phenols is 1. The molecule has 0 unspecified atom stereocenters. The molecule has 4 aliphatic rings. The molecule has 3 saturated heterocycles. The molecular weight excluding hydrogens is 829 g/mol. The summed E-state index contributed by atoms with van der Waals surface area (Å²) in [6, 6.07) is 34.8. The molecule has 3 fully saturated rings. The smallest absolute Gasteiger partial charge is 0.324 e. The second-order valence-electron chi connectivity index (χ2n) is 16.3. The van der Waals surface area contributed by atoms with E-state index in [2.05, 4.69) is 27.4 Å². The van der Waals surface area contributed by atoms with Gasteiger partial charge in [0.05, 0.1) is 45.4 Å². The van der Waals surface area contributed by atoms with Gasteiger partial charge in [-0.3, -0.25) is 28.9 Å². The number of carbonyl (C=O) groups excluding carboxylic acids is 5. The number of methoxy groups -OCH3 is 2. The lowest BCUT2D eigenvalue weighted by Crippen LogP contribution is -2.53. The molecule has 65 heavy (non-hydrogen) atoms. The number of cyclic esters (lactones) is 1. The third-order valence-electron chi connectivity index (χ3n) is 12.8. The number of benzene rings is 5. The maximum absolute atomic E-state index is 15.6. The van der Waals surface area contributed by atoms with Crippen molar-refractivity contribution in [2.24, 2.45) is 11.8 Å². The molecule has 3 N–H and O–H groups in total. The third-order valence-corrected chi connectivity index (χ3v) is 12.8. The van der Waals surface area contributed by atoms with Gasteiger partial charge in [-0.15, -0.1) is 0 Å². The Hall–Kier alpha value is -7.47. The number of rotatable bonds is 9. The van der Waals surface area contributed by atoms with E-state index in [1.165, 1.54) is 26.4 Å². The summed E-state index contributed by atoms with van der Waals surface area (Å²) in [4.78, 5) is 75.3. The van der Waals surface area contributed by atoms with E-state index in [9.17, 15) is 14.7 Å². The molecule has 0 aromatic heterocycles. The highest BCUT2D eigenvalue weighted by Gasteiger charge is 2.74. The number of esters is 3. The highest BCUT2D eigenvalue weighted by molar-refractivity contribution is 6.13. The van der Waals surface area contributed by atoms with Crippen molar-refractivity contribution in [2.45, 2.75) is 36.1 Å². The van der Waals surface area contributed by atoms with Crippen LogP contribution < -0.4 is 15.5 Å². The number of hydrogen-bond acceptors (Lipinski definition) is 12. The number of nitrogens with one attached hydrogen (secondary N) is 2. The molecule has 0 bridgehead atoms. The van der Waals surface area contributed by atoms with Crippen molar-refractivity contribution in [2.75, 3.05) is 56.1 Å². The molecule has 6 atom stereocenters. The lowest BCUT2D eigenvalue weighted by Gasteiger charge is -2.46. The predicted octanol–water partition coefficient (Wildman–Crippen LogP) is 5.84. The van der Waals surface area contributed by atoms with E-state index >= 15 is 14.4 Å². The summed E-state index contributed by atoms with van der Waals surface area (Å²) in [7, 11) is 2.34. The quantitative estimate of drug-likeness (QED) is 0.0700. The Kier molecular flexibility index (Phi) is 11.8. The number of phenolic OH excluding ortho intramolecular Hbond substituents is 1. The van der Waals surface area contributed by atoms with Crippen LogP contribution in [-0.4, -0.2) is 86.3 Å². The first-order valence-corrected chi connectivity index (χ1v) is 21.3. The molecule has 1 spiro atoms. The summed E-state index contributed by atoms with van der Waals surface area (Å²) >= 11 is 0. The molecule has 5 aromatic carbocycles. The lowest BCUT2D eigenvalue weighted by atomic mass is 9.65. The minimum Gasteiger partial charge on any atom is -0.508 e. The first kappa shape index (κ1) is 42.8. The van der Waals surface area contributed by atoms with Crippen molar-refractivity contribution in [1.82, 2.24) is 4.90 Å². The second kappa shape index (κ2) is 18.0. The van der Waals surface area contributed by atoms with Crippen LogP contribution in [0.3, 0.4) is 0 Å². The first-order valence-electron chi connectivity index (χ1n) is 21.3. The Labute approximate surface area is 375 Å². The Morgan fingerprint density at radius 3 is 2.11 bits per heavy atom. The molecule has 0 radical (unpaired) electrons. The SMILES string of the molecule is COC(=O)C(CC#Cc1ccc2c(c1)[C@]1(C(=O)N2)[C@H](c2ccc(O)cc2)N2[C@H](c3ccccc3)[C@H](c3ccccc3)OC(=O)[C@H]2[C@@H]1C(=O)Nc1ccc(N2CCOCC2)cc1)C(=O)OC. The maximum Gasteiger partial charge on any atom is 0.324 e. The van der Waals surface area contributed by atoms with E-state index in [1.807, 2.05) is 77.7 Å². The number of aromatic hydroxyl groups is 1. The van der Waals surface area contributed by atoms with Crippen molar-refractivity contribution in [3.8, 4) is 17.6 Å². The zero-order chi connectivity index (χ0) is 45.2. The van der Waals surface area contributed by atoms with E-state index in [0.29, 0.717) is 46.8 Å². The van der Waals surface area contributed by atoms with Crippen molar-refractivity contribution < 1.29 is 48.0 Å². The van der Waals surface area contributed by atoms with Gasteiger partial charge in [0.2, 0.25) is 11.8 Å². The summed E-state index contributed by atoms with van der Waals surface area (Å²) < 4.78 is 21.7. The topological polar surface area (TPSA) is 173 Å². The van der Waals surface area contributed by atoms with Gasteiger partial charge in [0, 0.05) is 42.1 Å². The Morgan fingerprint density at radius 1 is 0.815 bits per heavy atom. The fourth-order valence-electron chi connectivity index (χ4n) is 9.93. The highest BCUT2D eigenvalue weighted by Crippen LogP contribution is 2.65. The summed E-state index contributed by atoms with van der Waals surface area (Å²) in [5, 5.41) is 16.8. The van der Waals surface area contributed by atoms with E-state index < -0.39 is 71.2 Å². The van der Waals surface area contributed by atoms with Crippen molar-refractivity contribution in [3.63, 3.8) is 0 Å². The van der Waals surface area contributed by atoms with E-state index in [0.717, 1.165) is 24.3 Å². The van der Waals surface area contributed by atoms with Crippen LogP contribution in [0.2, 0.25) is 0 Å². The van der Waals surface area contributed by atoms with E-state index in [4.69, 9.17) is 18.9 Å². The average Bonchev–Trinajstić information content (AvgIpc) is 3.82. The molecule has 4 aliphatic heterocycles. The van der Waals surface area contributed by atoms with Gasteiger partial charge in [-0.1, -0.05) is 84.6 Å². The summed E-state index contributed by atoms with van der Waals surface area (Å²) in [5.74, 6) is -0.185. The fourth-order valence-corrected chi connectivity index (χ4v) is 9.93. The summed E-state index contributed by atoms with van der Waals surface area (Å²) in [5.41, 5.74) is 2.84. The third kappa shape index (κ3) is 7.72. The number of amides is 2. The minimum absolute atomic E-state index is 0.0157. The Bertz CT molecular complexity index is 2660. The van der Waals surface area contributed by atoms with Crippen molar-refractivity contribution in [3.05, 3.63) is 155 Å². The zero-order valence-electron chi connectivity index (χ0n) is 35.6. The second-order valence-corrected chi connectivity index (χ2v) is 16.3. The van der Waals surface area contributed by atoms with Crippen LogP contribution in [0.15, 0.2) is 127 Å². The molecule has 0 saturated carbocycles. The van der Waals surface area contributed by atoms with E-state index in [1.54, 1.807) is 42.5 Å². The largest absolute Gasteiger partial charge is 0.508 e. The number of fused-ring (bicyclic) bond motifs is 3. The Morgan fingerprint density at radius 2 is 1.46 bits per heavy atom. The summed E-state index contributed by atoms with van der Waals surface area (Å²) in [6.45, 7) is 2.65. The normalized spacial score (nSPS) is 23.4. The van der Waals surface area contributed by atoms with Crippen LogP contribution >= 0.6 is 0 Å². The van der Waals surface area contributed by atoms with Crippen LogP contribution in [0.1, 0.15) is 52.4 Å². The molecule has 4 heterocycles. The van der Waals surface area contributed by atoms with Crippen molar-refractivity contribution in [1.29, 1.82) is 0 Å². The monoisotopic (exact) mass is 874 g/mol. The van der Waals surface area contributed by atoms with Crippen LogP contribution in [0.4, 0.5) is 17.1 Å². The zero-order valence-corrected chi connectivity index (χ0v) is 35.6. The molecule has 330 valence electrons. The molecule has 14 heteroatoms. The standard InChI is InChI=1S/C51H46N4O10/c1-62-47(58)38(48(59)63-2)15-9-10-31-16-25-40-39(30-31)51(50(61)53-40)41(46(57)52-35-19-21-36(22-20-35)54-26-28-64-29-27-54)43-49(60)65-44(33-13-7-4-8-14-33)42(32-11-5-3-6-12-32)55(43)45(51)34-17-23-37(56)24-18-34/h3-8,11-14,16-25,30,38,41-45,56H,15,26-29H2,1-2H3,(H,52,57)(H,53,61)/t41-,42-,43-,44+,45+,51-/m1/s1. The van der Waals surface area contributed by atoms with Gasteiger partial charge in [-0.05, 0) is 76.9 Å². The molecule has 5 aromatic rings. The molecular formula is C51H46N4O10. The maximum atomic E-state index is 15.6. The molecule has 0 aliphatic carbocycles. The highest BCUT2D eigenvalue weighted by atomic mass is 16.6. The van der Waals surface area contributed by atoms with Crippen LogP contribution in [-0.2, 0) is 48.3 Å². The van der Waals surface area contributed by atoms with Crippen LogP contribution in [0.25, 0.3) is 0 Å². The van der Waals surface area contributed by atoms with Crippen LogP contribution in [0, 0.1) is 23.7 Å². The van der Waals surface area contributed by atoms with Gasteiger partial charge >= 0.3 is 17.9 Å². The minimum atomic E-state index is -1.83. The lowest BCUT2D eigenvalue weighted by molar-refractivity contribution is -0.178. The van der Waals surface area contributed by atoms with Gasteiger partial charge < -0.3 is 39.6 Å². The first-order chi connectivity index (χ1) is 31.6. The Balaban J connectivity index is 1.24. The number of nitrogens with zero attached hydrogens (tertiary/aromatic N) is 2. The predicted molar refractivity (Wildman–Crippen MR) is 238 cm³/mol. The number of ether oxygens (including phenoxy) is 4. The number of anilines is 3. The van der Waals surface area contributed by atoms with Gasteiger partial charge in [0.1, 0.15) is 23.3 Å². The fraction of sp³-hybridized carbons (Fsp3) is 0.275. The molecule has 9 rings (SSSR count). The van der Waals surface area contributed by atoms with Crippen molar-refractivity contribution >= 4 is 46.8 Å². The van der Waals surface area contributed by atoms with Gasteiger partial charge in [0.15, 0.2) is 5.92 Å².